The molecule has 0 atom stereocenters. The van der Waals surface area contributed by atoms with Crippen LogP contribution in [0.25, 0.3) is 10.9 Å². The summed E-state index contributed by atoms with van der Waals surface area (Å²) in [7, 11) is 0. The van der Waals surface area contributed by atoms with Crippen LogP contribution in [0, 0.1) is 6.92 Å². The summed E-state index contributed by atoms with van der Waals surface area (Å²) in [6.45, 7) is 4.07. The standard InChI is InChI=1S/C25H26N6O/c1-17-14-23(31-12-4-5-13-31)30-25(27-17)29-20-10-8-19(9-11-20)28-24(32)15-18-16-26-22-7-3-2-6-21(18)22/h2-3,6-11,14,16,26H,4-5,12-13,15H2,1H3,(H,28,32)(H,27,29,30). The molecule has 32 heavy (non-hydrogen) atoms. The number of para-hydroxylation sites is 1. The summed E-state index contributed by atoms with van der Waals surface area (Å²) in [5, 5.41) is 7.33. The number of rotatable bonds is 6. The van der Waals surface area contributed by atoms with Crippen molar-refractivity contribution in [2.75, 3.05) is 28.6 Å². The number of H-pyrrole nitrogens is 1. The van der Waals surface area contributed by atoms with Crippen molar-refractivity contribution in [3.05, 3.63) is 72.1 Å². The molecule has 0 radical (unpaired) electrons. The molecule has 0 unspecified atom stereocenters. The largest absolute Gasteiger partial charge is 0.361 e. The van der Waals surface area contributed by atoms with Crippen molar-refractivity contribution in [3.8, 4) is 0 Å². The van der Waals surface area contributed by atoms with Crippen LogP contribution in [0.4, 0.5) is 23.1 Å². The number of fused-ring (bicyclic) bond motifs is 1. The first-order valence-corrected chi connectivity index (χ1v) is 11.0. The Morgan fingerprint density at radius 3 is 2.59 bits per heavy atom. The van der Waals surface area contributed by atoms with Crippen LogP contribution in [0.3, 0.4) is 0 Å². The van der Waals surface area contributed by atoms with Crippen molar-refractivity contribution in [2.45, 2.75) is 26.2 Å². The molecule has 5 rings (SSSR count). The van der Waals surface area contributed by atoms with Crippen molar-refractivity contribution < 1.29 is 4.79 Å². The van der Waals surface area contributed by atoms with Gasteiger partial charge in [-0.15, -0.1) is 0 Å². The molecule has 2 aromatic carbocycles. The first-order chi connectivity index (χ1) is 15.6. The highest BCUT2D eigenvalue weighted by Gasteiger charge is 2.15. The van der Waals surface area contributed by atoms with E-state index in [1.54, 1.807) is 0 Å². The molecule has 0 saturated carbocycles. The molecular weight excluding hydrogens is 400 g/mol. The second-order valence-electron chi connectivity index (χ2n) is 8.17. The Morgan fingerprint density at radius 2 is 1.78 bits per heavy atom. The van der Waals surface area contributed by atoms with Crippen molar-refractivity contribution in [1.82, 2.24) is 15.0 Å². The van der Waals surface area contributed by atoms with Crippen LogP contribution >= 0.6 is 0 Å². The maximum atomic E-state index is 12.5. The molecule has 0 spiro atoms. The van der Waals surface area contributed by atoms with Crippen LogP contribution in [0.15, 0.2) is 60.8 Å². The van der Waals surface area contributed by atoms with Gasteiger partial charge in [-0.05, 0) is 55.7 Å². The lowest BCUT2D eigenvalue weighted by molar-refractivity contribution is -0.115. The molecule has 162 valence electrons. The third kappa shape index (κ3) is 4.42. The highest BCUT2D eigenvalue weighted by Crippen LogP contribution is 2.23. The Hall–Kier alpha value is -3.87. The van der Waals surface area contributed by atoms with Gasteiger partial charge in [0.2, 0.25) is 11.9 Å². The molecule has 1 saturated heterocycles. The van der Waals surface area contributed by atoms with E-state index >= 15 is 0 Å². The van der Waals surface area contributed by atoms with Crippen molar-refractivity contribution >= 4 is 40.0 Å². The van der Waals surface area contributed by atoms with Crippen molar-refractivity contribution in [3.63, 3.8) is 0 Å². The summed E-state index contributed by atoms with van der Waals surface area (Å²) < 4.78 is 0. The van der Waals surface area contributed by atoms with Crippen LogP contribution in [0.1, 0.15) is 24.1 Å². The Kier molecular flexibility index (Phi) is 5.46. The number of nitrogens with zero attached hydrogens (tertiary/aromatic N) is 3. The molecule has 3 N–H and O–H groups in total. The van der Waals surface area contributed by atoms with Crippen LogP contribution in [0.2, 0.25) is 0 Å². The molecule has 1 aliphatic heterocycles. The second-order valence-corrected chi connectivity index (χ2v) is 8.17. The molecule has 7 nitrogen and oxygen atoms in total. The maximum absolute atomic E-state index is 12.5. The highest BCUT2D eigenvalue weighted by atomic mass is 16.1. The number of aromatic nitrogens is 3. The predicted octanol–water partition coefficient (Wildman–Crippen LogP) is 4.79. The minimum atomic E-state index is -0.0484. The van der Waals surface area contributed by atoms with Gasteiger partial charge in [-0.3, -0.25) is 4.79 Å². The average Bonchev–Trinajstić information content (AvgIpc) is 3.46. The van der Waals surface area contributed by atoms with Crippen LogP contribution in [-0.4, -0.2) is 33.9 Å². The predicted molar refractivity (Wildman–Crippen MR) is 129 cm³/mol. The van der Waals surface area contributed by atoms with Gasteiger partial charge < -0.3 is 20.5 Å². The Bertz CT molecular complexity index is 1240. The van der Waals surface area contributed by atoms with E-state index in [4.69, 9.17) is 0 Å². The van der Waals surface area contributed by atoms with E-state index in [1.165, 1.54) is 12.8 Å². The summed E-state index contributed by atoms with van der Waals surface area (Å²) in [6, 6.07) is 17.6. The minimum Gasteiger partial charge on any atom is -0.361 e. The molecule has 2 aromatic heterocycles. The minimum absolute atomic E-state index is 0.0484. The van der Waals surface area contributed by atoms with E-state index in [2.05, 4.69) is 30.5 Å². The van der Waals surface area contributed by atoms with Gasteiger partial charge in [0.25, 0.3) is 0 Å². The zero-order chi connectivity index (χ0) is 21.9. The molecule has 0 bridgehead atoms. The normalized spacial score (nSPS) is 13.5. The fourth-order valence-electron chi connectivity index (χ4n) is 4.14. The Morgan fingerprint density at radius 1 is 1.03 bits per heavy atom. The van der Waals surface area contributed by atoms with Gasteiger partial charge in [-0.2, -0.15) is 4.98 Å². The van der Waals surface area contributed by atoms with E-state index in [1.807, 2.05) is 67.7 Å². The van der Waals surface area contributed by atoms with Gasteiger partial charge in [0, 0.05) is 53.3 Å². The van der Waals surface area contributed by atoms with E-state index in [-0.39, 0.29) is 5.91 Å². The van der Waals surface area contributed by atoms with Gasteiger partial charge in [0.1, 0.15) is 5.82 Å². The number of hydrogen-bond donors (Lipinski definition) is 3. The number of benzene rings is 2. The van der Waals surface area contributed by atoms with Crippen LogP contribution in [0.5, 0.6) is 0 Å². The van der Waals surface area contributed by atoms with Gasteiger partial charge in [0.15, 0.2) is 0 Å². The van der Waals surface area contributed by atoms with E-state index in [0.29, 0.717) is 12.4 Å². The molecule has 1 aliphatic rings. The van der Waals surface area contributed by atoms with Gasteiger partial charge in [0.05, 0.1) is 6.42 Å². The summed E-state index contributed by atoms with van der Waals surface area (Å²) in [6.07, 6.45) is 4.63. The number of nitrogens with one attached hydrogen (secondary N) is 3. The molecule has 3 heterocycles. The third-order valence-electron chi connectivity index (χ3n) is 5.72. The van der Waals surface area contributed by atoms with Crippen LogP contribution in [-0.2, 0) is 11.2 Å². The summed E-state index contributed by atoms with van der Waals surface area (Å²) in [5.74, 6) is 1.51. The number of carbonyl (C=O) groups excluding carboxylic acids is 1. The van der Waals surface area contributed by atoms with Gasteiger partial charge in [-0.1, -0.05) is 18.2 Å². The lowest BCUT2D eigenvalue weighted by Crippen LogP contribution is -2.19. The molecular formula is C25H26N6O. The van der Waals surface area contributed by atoms with Crippen molar-refractivity contribution in [2.24, 2.45) is 0 Å². The van der Waals surface area contributed by atoms with E-state index < -0.39 is 0 Å². The van der Waals surface area contributed by atoms with Gasteiger partial charge in [-0.25, -0.2) is 4.98 Å². The fraction of sp³-hybridized carbons (Fsp3) is 0.240. The second kappa shape index (κ2) is 8.70. The van der Waals surface area contributed by atoms with Crippen LogP contribution < -0.4 is 15.5 Å². The lowest BCUT2D eigenvalue weighted by atomic mass is 10.1. The first kappa shape index (κ1) is 20.1. The zero-order valence-corrected chi connectivity index (χ0v) is 18.1. The van der Waals surface area contributed by atoms with E-state index in [9.17, 15) is 4.79 Å². The topological polar surface area (TPSA) is 85.9 Å². The Balaban J connectivity index is 1.23. The quantitative estimate of drug-likeness (QED) is 0.413. The zero-order valence-electron chi connectivity index (χ0n) is 18.1. The monoisotopic (exact) mass is 426 g/mol. The summed E-state index contributed by atoms with van der Waals surface area (Å²) in [5.41, 5.74) is 4.59. The number of anilines is 4. The summed E-state index contributed by atoms with van der Waals surface area (Å²) in [4.78, 5) is 27.2. The molecule has 0 aliphatic carbocycles. The van der Waals surface area contributed by atoms with Crippen molar-refractivity contribution in [1.29, 1.82) is 0 Å². The van der Waals surface area contributed by atoms with Gasteiger partial charge >= 0.3 is 0 Å². The number of carbonyl (C=O) groups is 1. The highest BCUT2D eigenvalue weighted by molar-refractivity contribution is 5.95. The summed E-state index contributed by atoms with van der Waals surface area (Å²) >= 11 is 0. The molecule has 1 amide bonds. The molecule has 4 aromatic rings. The fourth-order valence-corrected chi connectivity index (χ4v) is 4.14. The first-order valence-electron chi connectivity index (χ1n) is 11.0. The molecule has 7 heteroatoms. The van der Waals surface area contributed by atoms with E-state index in [0.717, 1.165) is 52.4 Å². The third-order valence-corrected chi connectivity index (χ3v) is 5.72. The number of aromatic amines is 1. The average molecular weight is 427 g/mol. The lowest BCUT2D eigenvalue weighted by Gasteiger charge is -2.17. The number of aryl methyl sites for hydroxylation is 1. The SMILES string of the molecule is Cc1cc(N2CCCC2)nc(Nc2ccc(NC(=O)Cc3c[nH]c4ccccc34)cc2)n1. The number of hydrogen-bond acceptors (Lipinski definition) is 5. The smallest absolute Gasteiger partial charge is 0.229 e. The molecule has 1 fully saturated rings. The Labute approximate surface area is 186 Å². The number of amides is 1. The maximum Gasteiger partial charge on any atom is 0.229 e.